The Kier molecular flexibility index (Phi) is 6.94. The predicted molar refractivity (Wildman–Crippen MR) is 210 cm³/mol. The van der Waals surface area contributed by atoms with Crippen molar-refractivity contribution in [3.05, 3.63) is 185 Å². The van der Waals surface area contributed by atoms with Gasteiger partial charge in [0.1, 0.15) is 0 Å². The second-order valence-corrected chi connectivity index (χ2v) is 13.8. The molecule has 7 aromatic rings. The summed E-state index contributed by atoms with van der Waals surface area (Å²) in [6.45, 7) is 0. The molecule has 2 aromatic heterocycles. The molecule has 1 unspecified atom stereocenters. The van der Waals surface area contributed by atoms with E-state index in [1.165, 1.54) is 83.9 Å². The Balaban J connectivity index is 1.12. The molecule has 3 aliphatic rings. The highest BCUT2D eigenvalue weighted by atomic mass is 15.0. The molecule has 2 heteroatoms. The van der Waals surface area contributed by atoms with Crippen molar-refractivity contribution in [3.63, 3.8) is 0 Å². The molecule has 5 aromatic carbocycles. The molecule has 3 aliphatic carbocycles. The highest BCUT2D eigenvalue weighted by Crippen LogP contribution is 2.47. The fourth-order valence-electron chi connectivity index (χ4n) is 8.82. The average Bonchev–Trinajstić information content (AvgIpc) is 3.72. The first-order valence-corrected chi connectivity index (χ1v) is 18.1. The van der Waals surface area contributed by atoms with Gasteiger partial charge in [0.25, 0.3) is 0 Å². The van der Waals surface area contributed by atoms with Crippen molar-refractivity contribution >= 4 is 29.1 Å². The van der Waals surface area contributed by atoms with Crippen molar-refractivity contribution in [3.8, 4) is 33.6 Å². The number of fused-ring (bicyclic) bond motifs is 6. The van der Waals surface area contributed by atoms with Gasteiger partial charge in [-0.1, -0.05) is 127 Å². The van der Waals surface area contributed by atoms with E-state index < -0.39 is 0 Å². The summed E-state index contributed by atoms with van der Waals surface area (Å²) in [5.74, 6) is 0.274. The molecule has 240 valence electrons. The Bertz CT molecular complexity index is 2470. The molecule has 0 saturated heterocycles. The van der Waals surface area contributed by atoms with E-state index in [0.717, 1.165) is 32.1 Å². The number of hydrogen-bond acceptors (Lipinski definition) is 0. The van der Waals surface area contributed by atoms with Gasteiger partial charge in [0.05, 0.1) is 5.52 Å². The SMILES string of the molecule is C1=Cc2c3c(n(-c4ccc(-c5ccccc5)cc4)c2CC1)C=CCC3c1cccc2c1c1c(n2-c2ccc(-c3ccccc3)cc2)CCC=C1. The van der Waals surface area contributed by atoms with Gasteiger partial charge >= 0.3 is 0 Å². The maximum absolute atomic E-state index is 2.56. The van der Waals surface area contributed by atoms with Gasteiger partial charge in [0.15, 0.2) is 0 Å². The van der Waals surface area contributed by atoms with Crippen LogP contribution >= 0.6 is 0 Å². The molecule has 2 heterocycles. The number of aromatic nitrogens is 2. The van der Waals surface area contributed by atoms with E-state index in [2.05, 4.69) is 173 Å². The lowest BCUT2D eigenvalue weighted by molar-refractivity contribution is 0.818. The van der Waals surface area contributed by atoms with Crippen molar-refractivity contribution in [2.75, 3.05) is 0 Å². The zero-order valence-corrected chi connectivity index (χ0v) is 28.1. The van der Waals surface area contributed by atoms with Gasteiger partial charge in [0, 0.05) is 45.3 Å². The second kappa shape index (κ2) is 11.9. The zero-order valence-electron chi connectivity index (χ0n) is 28.1. The van der Waals surface area contributed by atoms with E-state index in [4.69, 9.17) is 0 Å². The van der Waals surface area contributed by atoms with Gasteiger partial charge in [-0.25, -0.2) is 0 Å². The number of benzene rings is 5. The quantitative estimate of drug-likeness (QED) is 0.177. The molecule has 0 fully saturated rings. The van der Waals surface area contributed by atoms with Gasteiger partial charge in [-0.2, -0.15) is 0 Å². The lowest BCUT2D eigenvalue weighted by Gasteiger charge is -2.23. The number of rotatable bonds is 5. The van der Waals surface area contributed by atoms with E-state index >= 15 is 0 Å². The molecule has 0 saturated carbocycles. The number of nitrogens with zero attached hydrogens (tertiary/aromatic N) is 2. The number of allylic oxidation sites excluding steroid dienone is 3. The second-order valence-electron chi connectivity index (χ2n) is 13.8. The van der Waals surface area contributed by atoms with Crippen LogP contribution in [0, 0.1) is 0 Å². The van der Waals surface area contributed by atoms with Crippen molar-refractivity contribution in [1.82, 2.24) is 9.13 Å². The normalized spacial score (nSPS) is 16.0. The first-order valence-electron chi connectivity index (χ1n) is 18.1. The van der Waals surface area contributed by atoms with Gasteiger partial charge in [-0.15, -0.1) is 0 Å². The lowest BCUT2D eigenvalue weighted by atomic mass is 9.80. The molecule has 0 N–H and O–H groups in total. The van der Waals surface area contributed by atoms with Crippen LogP contribution in [0.4, 0.5) is 0 Å². The molecule has 50 heavy (non-hydrogen) atoms. The minimum Gasteiger partial charge on any atom is -0.313 e. The topological polar surface area (TPSA) is 9.86 Å². The molecular weight excluding hydrogens is 605 g/mol. The Morgan fingerprint density at radius 2 is 1.02 bits per heavy atom. The highest BCUT2D eigenvalue weighted by molar-refractivity contribution is 5.97. The molecule has 0 radical (unpaired) electrons. The average molecular weight is 643 g/mol. The van der Waals surface area contributed by atoms with E-state index in [-0.39, 0.29) is 5.92 Å². The van der Waals surface area contributed by atoms with Crippen LogP contribution in [0.5, 0.6) is 0 Å². The third kappa shape index (κ3) is 4.63. The fourth-order valence-corrected chi connectivity index (χ4v) is 8.82. The minimum atomic E-state index is 0.274. The van der Waals surface area contributed by atoms with Crippen LogP contribution in [0.3, 0.4) is 0 Å². The molecule has 2 nitrogen and oxygen atoms in total. The molecule has 0 aliphatic heterocycles. The first kappa shape index (κ1) is 29.1. The van der Waals surface area contributed by atoms with Crippen molar-refractivity contribution in [1.29, 1.82) is 0 Å². The zero-order chi connectivity index (χ0) is 33.0. The summed E-state index contributed by atoms with van der Waals surface area (Å²) < 4.78 is 5.10. The summed E-state index contributed by atoms with van der Waals surface area (Å²) >= 11 is 0. The van der Waals surface area contributed by atoms with Crippen molar-refractivity contribution in [2.45, 2.75) is 38.0 Å². The van der Waals surface area contributed by atoms with Gasteiger partial charge < -0.3 is 9.13 Å². The maximum Gasteiger partial charge on any atom is 0.0540 e. The Hall–Kier alpha value is -5.86. The van der Waals surface area contributed by atoms with Crippen molar-refractivity contribution in [2.24, 2.45) is 0 Å². The highest BCUT2D eigenvalue weighted by Gasteiger charge is 2.32. The smallest absolute Gasteiger partial charge is 0.0540 e. The summed E-state index contributed by atoms with van der Waals surface area (Å²) in [6, 6.07) is 46.7. The van der Waals surface area contributed by atoms with Crippen LogP contribution in [0.1, 0.15) is 64.5 Å². The molecule has 0 spiro atoms. The van der Waals surface area contributed by atoms with E-state index in [1.807, 2.05) is 0 Å². The summed E-state index contributed by atoms with van der Waals surface area (Å²) in [5.41, 5.74) is 18.7. The lowest BCUT2D eigenvalue weighted by Crippen LogP contribution is -2.08. The molecule has 10 rings (SSSR count). The summed E-state index contributed by atoms with van der Waals surface area (Å²) in [6.07, 6.45) is 19.6. The van der Waals surface area contributed by atoms with Crippen LogP contribution in [0.15, 0.2) is 146 Å². The van der Waals surface area contributed by atoms with Crippen LogP contribution in [-0.2, 0) is 12.8 Å². The van der Waals surface area contributed by atoms with Gasteiger partial charge in [-0.05, 0) is 107 Å². The van der Waals surface area contributed by atoms with Crippen LogP contribution < -0.4 is 0 Å². The Labute approximate surface area is 294 Å². The third-order valence-corrected chi connectivity index (χ3v) is 11.1. The standard InChI is InChI=1S/C48H38N2/c1-3-13-33(14-4-1)35-25-29-37(30-26-35)49-43-21-9-7-17-41(43)47-39(19-11-23-45(47)49)40-20-12-24-46-48(40)42-18-8-10-22-44(42)50(46)38-31-27-36(28-32-38)34-15-5-2-6-16-34/h1-8,11-19,23-32,40H,9-10,20-22H2. The van der Waals surface area contributed by atoms with Gasteiger partial charge in [-0.3, -0.25) is 0 Å². The Morgan fingerprint density at radius 3 is 1.66 bits per heavy atom. The summed E-state index contributed by atoms with van der Waals surface area (Å²) in [5, 5.41) is 1.41. The summed E-state index contributed by atoms with van der Waals surface area (Å²) in [4.78, 5) is 0. The first-order chi connectivity index (χ1) is 24.8. The van der Waals surface area contributed by atoms with Gasteiger partial charge in [0.2, 0.25) is 0 Å². The van der Waals surface area contributed by atoms with Crippen LogP contribution in [0.25, 0.3) is 62.8 Å². The maximum atomic E-state index is 2.56. The minimum absolute atomic E-state index is 0.274. The Morgan fingerprint density at radius 1 is 0.460 bits per heavy atom. The largest absolute Gasteiger partial charge is 0.313 e. The third-order valence-electron chi connectivity index (χ3n) is 11.1. The van der Waals surface area contributed by atoms with Crippen LogP contribution in [0.2, 0.25) is 0 Å². The monoisotopic (exact) mass is 642 g/mol. The van der Waals surface area contributed by atoms with E-state index in [1.54, 1.807) is 0 Å². The van der Waals surface area contributed by atoms with E-state index in [9.17, 15) is 0 Å². The molecule has 0 amide bonds. The fraction of sp³-hybridized carbons (Fsp3) is 0.125. The van der Waals surface area contributed by atoms with E-state index in [0.29, 0.717) is 0 Å². The van der Waals surface area contributed by atoms with Crippen molar-refractivity contribution < 1.29 is 0 Å². The molecular formula is C48H38N2. The number of hydrogen-bond donors (Lipinski definition) is 0. The molecule has 0 bridgehead atoms. The molecule has 1 atom stereocenters. The van der Waals surface area contributed by atoms with Crippen LogP contribution in [-0.4, -0.2) is 9.13 Å². The summed E-state index contributed by atoms with van der Waals surface area (Å²) in [7, 11) is 0. The predicted octanol–water partition coefficient (Wildman–Crippen LogP) is 12.2.